The maximum atomic E-state index is 3.74. The number of nitrogens with zero attached hydrogens (tertiary/aromatic N) is 1. The van der Waals surface area contributed by atoms with Crippen LogP contribution in [0.4, 0.5) is 0 Å². The minimum absolute atomic E-state index is 0.620. The molecule has 0 aliphatic heterocycles. The fraction of sp³-hybridized carbons (Fsp3) is 0.925. The largest absolute Gasteiger partial charge is 0.257 e. The van der Waals surface area contributed by atoms with Crippen LogP contribution in [0.5, 0.6) is 0 Å². The molecule has 0 radical (unpaired) electrons. The van der Waals surface area contributed by atoms with Gasteiger partial charge in [-0.3, -0.25) is 0 Å². The van der Waals surface area contributed by atoms with Crippen molar-refractivity contribution in [3.8, 4) is 0 Å². The van der Waals surface area contributed by atoms with Gasteiger partial charge in [-0.1, -0.05) is 194 Å². The molecule has 1 N–H and O–H groups in total. The van der Waals surface area contributed by atoms with E-state index in [-0.39, 0.29) is 0 Å². The highest BCUT2D eigenvalue weighted by atomic mass is 15.1. The van der Waals surface area contributed by atoms with Crippen molar-refractivity contribution in [2.75, 3.05) is 0 Å². The number of hydrogen-bond donors (Lipinski definition) is 1. The molecule has 0 bridgehead atoms. The van der Waals surface area contributed by atoms with Crippen LogP contribution in [-0.4, -0.2) is 4.98 Å². The maximum absolute atomic E-state index is 3.74. The lowest BCUT2D eigenvalue weighted by Gasteiger charge is -2.17. The predicted molar refractivity (Wildman–Crippen MR) is 189 cm³/mol. The van der Waals surface area contributed by atoms with Crippen LogP contribution in [0.2, 0.25) is 0 Å². The number of rotatable bonds is 33. The molecule has 0 saturated heterocycles. The Kier molecular flexibility index (Phi) is 28.3. The zero-order chi connectivity index (χ0) is 30.4. The summed E-state index contributed by atoms with van der Waals surface area (Å²) in [5, 5.41) is 0. The highest BCUT2D eigenvalue weighted by molar-refractivity contribution is 4.90. The molecule has 0 aliphatic carbocycles. The second-order valence-corrected chi connectivity index (χ2v) is 14.0. The Bertz CT molecular complexity index is 650. The summed E-state index contributed by atoms with van der Waals surface area (Å²) in [6.07, 6.45) is 48.7. The molecule has 1 aromatic rings. The average Bonchev–Trinajstić information content (AvgIpc) is 3.49. The van der Waals surface area contributed by atoms with Crippen molar-refractivity contribution in [1.82, 2.24) is 4.98 Å². The van der Waals surface area contributed by atoms with Crippen LogP contribution in [0.15, 0.2) is 12.4 Å². The molecule has 1 heterocycles. The fourth-order valence-corrected chi connectivity index (χ4v) is 6.96. The van der Waals surface area contributed by atoms with E-state index < -0.39 is 0 Å². The van der Waals surface area contributed by atoms with Gasteiger partial charge in [0.05, 0.1) is 12.0 Å². The van der Waals surface area contributed by atoms with Crippen LogP contribution in [0, 0.1) is 0 Å². The number of aromatic nitrogens is 2. The lowest BCUT2D eigenvalue weighted by atomic mass is 9.92. The number of hydrogen-bond acceptors (Lipinski definition) is 0. The second-order valence-electron chi connectivity index (χ2n) is 14.0. The fourth-order valence-electron chi connectivity index (χ4n) is 6.96. The van der Waals surface area contributed by atoms with Gasteiger partial charge in [0.1, 0.15) is 12.4 Å². The molecular weight excluding hydrogens is 508 g/mol. The summed E-state index contributed by atoms with van der Waals surface area (Å²) in [4.78, 5) is 3.74. The monoisotopic (exact) mass is 588 g/mol. The molecule has 2 heteroatoms. The van der Waals surface area contributed by atoms with E-state index in [0.29, 0.717) is 12.0 Å². The minimum Gasteiger partial charge on any atom is -0.247 e. The van der Waals surface area contributed by atoms with Gasteiger partial charge >= 0.3 is 0 Å². The number of nitrogens with one attached hydrogen (secondary N) is 1. The first-order valence-electron chi connectivity index (χ1n) is 19.8. The highest BCUT2D eigenvalue weighted by Crippen LogP contribution is 2.27. The van der Waals surface area contributed by atoms with Gasteiger partial charge in [-0.05, 0) is 32.6 Å². The Hall–Kier alpha value is -0.790. The van der Waals surface area contributed by atoms with Crippen LogP contribution in [0.25, 0.3) is 0 Å². The molecular formula is C40H79N2+. The number of aromatic amines is 1. The van der Waals surface area contributed by atoms with Crippen LogP contribution >= 0.6 is 0 Å². The van der Waals surface area contributed by atoms with E-state index in [1.165, 1.54) is 205 Å². The van der Waals surface area contributed by atoms with E-state index in [0.717, 1.165) is 0 Å². The van der Waals surface area contributed by atoms with E-state index in [1.807, 2.05) is 0 Å². The molecule has 0 amide bonds. The summed E-state index contributed by atoms with van der Waals surface area (Å²) in [6.45, 7) is 9.40. The number of H-pyrrole nitrogens is 1. The van der Waals surface area contributed by atoms with Gasteiger partial charge in [-0.15, -0.1) is 0 Å². The lowest BCUT2D eigenvalue weighted by Crippen LogP contribution is -2.41. The molecule has 2 unspecified atom stereocenters. The second kappa shape index (κ2) is 30.2. The molecule has 0 aromatic carbocycles. The standard InChI is InChI=1S/C40H78N2/c1-5-8-11-14-16-18-20-22-24-26-29-32-35-39(34-31-28-25-23-21-19-17-15-12-9-6-2)40-41-36-37-42(40)38(4)33-30-27-13-10-7-3/h36-39H,5-35H2,1-4H3/p+1. The Balaban J connectivity index is 2.40. The minimum atomic E-state index is 0.620. The van der Waals surface area contributed by atoms with Crippen LogP contribution < -0.4 is 4.57 Å². The van der Waals surface area contributed by atoms with E-state index >= 15 is 0 Å². The third-order valence-electron chi connectivity index (χ3n) is 9.89. The molecule has 1 rings (SSSR count). The molecule has 42 heavy (non-hydrogen) atoms. The van der Waals surface area contributed by atoms with Crippen molar-refractivity contribution in [1.29, 1.82) is 0 Å². The van der Waals surface area contributed by atoms with Crippen molar-refractivity contribution in [2.45, 2.75) is 239 Å². The van der Waals surface area contributed by atoms with E-state index in [2.05, 4.69) is 49.6 Å². The first kappa shape index (κ1) is 39.2. The molecule has 0 fully saturated rings. The smallest absolute Gasteiger partial charge is 0.247 e. The Morgan fingerprint density at radius 1 is 0.452 bits per heavy atom. The maximum Gasteiger partial charge on any atom is 0.257 e. The molecule has 2 nitrogen and oxygen atoms in total. The van der Waals surface area contributed by atoms with Gasteiger partial charge in [0.25, 0.3) is 5.82 Å². The molecule has 0 aliphatic rings. The Morgan fingerprint density at radius 3 is 1.12 bits per heavy atom. The lowest BCUT2D eigenvalue weighted by molar-refractivity contribution is -0.727. The number of unbranched alkanes of at least 4 members (excludes halogenated alkanes) is 25. The van der Waals surface area contributed by atoms with Crippen molar-refractivity contribution < 1.29 is 4.57 Å². The van der Waals surface area contributed by atoms with E-state index in [4.69, 9.17) is 0 Å². The van der Waals surface area contributed by atoms with E-state index in [9.17, 15) is 0 Å². The van der Waals surface area contributed by atoms with Gasteiger partial charge in [0.15, 0.2) is 0 Å². The summed E-state index contributed by atoms with van der Waals surface area (Å²) in [6, 6.07) is 0.620. The van der Waals surface area contributed by atoms with Crippen molar-refractivity contribution in [3.05, 3.63) is 18.2 Å². The van der Waals surface area contributed by atoms with Gasteiger partial charge in [-0.25, -0.2) is 9.55 Å². The van der Waals surface area contributed by atoms with E-state index in [1.54, 1.807) is 0 Å². The summed E-state index contributed by atoms with van der Waals surface area (Å²) < 4.78 is 2.63. The van der Waals surface area contributed by atoms with Crippen LogP contribution in [0.1, 0.15) is 245 Å². The summed E-state index contributed by atoms with van der Waals surface area (Å²) >= 11 is 0. The molecule has 1 aromatic heterocycles. The van der Waals surface area contributed by atoms with Gasteiger partial charge < -0.3 is 0 Å². The van der Waals surface area contributed by atoms with Crippen LogP contribution in [-0.2, 0) is 0 Å². The van der Waals surface area contributed by atoms with Crippen molar-refractivity contribution >= 4 is 0 Å². The van der Waals surface area contributed by atoms with Gasteiger partial charge in [0, 0.05) is 0 Å². The molecule has 0 saturated carbocycles. The predicted octanol–water partition coefficient (Wildman–Crippen LogP) is 14.1. The third kappa shape index (κ3) is 21.8. The topological polar surface area (TPSA) is 19.7 Å². The summed E-state index contributed by atoms with van der Waals surface area (Å²) in [5.41, 5.74) is 0. The highest BCUT2D eigenvalue weighted by Gasteiger charge is 2.25. The van der Waals surface area contributed by atoms with Gasteiger partial charge in [-0.2, -0.15) is 0 Å². The molecule has 0 spiro atoms. The zero-order valence-electron chi connectivity index (χ0n) is 29.7. The summed E-state index contributed by atoms with van der Waals surface area (Å²) in [7, 11) is 0. The first-order chi connectivity index (χ1) is 20.7. The SMILES string of the molecule is CCCCCCCCCCCCCCC(CCCCCCCCCCCCC)c1[nH]cc[n+]1C(C)CCCCCCC. The van der Waals surface area contributed by atoms with Crippen molar-refractivity contribution in [2.24, 2.45) is 0 Å². The normalized spacial score (nSPS) is 13.1. The first-order valence-corrected chi connectivity index (χ1v) is 19.8. The van der Waals surface area contributed by atoms with Gasteiger partial charge in [0.2, 0.25) is 0 Å². The zero-order valence-corrected chi connectivity index (χ0v) is 29.7. The molecule has 248 valence electrons. The Labute approximate surface area is 266 Å². The third-order valence-corrected chi connectivity index (χ3v) is 9.89. The van der Waals surface area contributed by atoms with Crippen molar-refractivity contribution in [3.63, 3.8) is 0 Å². The Morgan fingerprint density at radius 2 is 0.762 bits per heavy atom. The van der Waals surface area contributed by atoms with Crippen LogP contribution in [0.3, 0.4) is 0 Å². The number of imidazole rings is 1. The molecule has 2 atom stereocenters. The quantitative estimate of drug-likeness (QED) is 0.0623. The summed E-state index contributed by atoms with van der Waals surface area (Å²) in [5.74, 6) is 2.25. The average molecular weight is 588 g/mol.